The van der Waals surface area contributed by atoms with Crippen molar-refractivity contribution >= 4 is 31.9 Å². The zero-order valence-electron chi connectivity index (χ0n) is 14.0. The van der Waals surface area contributed by atoms with Crippen LogP contribution in [0.4, 0.5) is 10.7 Å². The minimum atomic E-state index is -3.51. The Hall–Kier alpha value is -2.72. The van der Waals surface area contributed by atoms with Crippen LogP contribution in [0.1, 0.15) is 18.5 Å². The molecule has 3 aromatic rings. The van der Waals surface area contributed by atoms with Crippen molar-refractivity contribution in [1.82, 2.24) is 9.78 Å². The van der Waals surface area contributed by atoms with Crippen LogP contribution >= 0.6 is 11.3 Å². The SMILES string of the molecule is C[C@@H](Nc1sc(S(C)(=O)=O)cc1[N+](=O)[O-])c1cccc(-n2cccn2)c1. The van der Waals surface area contributed by atoms with Gasteiger partial charge in [-0.3, -0.25) is 10.1 Å². The van der Waals surface area contributed by atoms with Gasteiger partial charge >= 0.3 is 5.69 Å². The third kappa shape index (κ3) is 3.75. The number of hydrogen-bond donors (Lipinski definition) is 1. The van der Waals surface area contributed by atoms with Crippen molar-refractivity contribution in [2.24, 2.45) is 0 Å². The number of hydrogen-bond acceptors (Lipinski definition) is 7. The maximum Gasteiger partial charge on any atom is 0.304 e. The number of nitro groups is 1. The van der Waals surface area contributed by atoms with Crippen LogP contribution in [0.15, 0.2) is 53.0 Å². The molecule has 0 bridgehead atoms. The van der Waals surface area contributed by atoms with Gasteiger partial charge < -0.3 is 5.32 Å². The van der Waals surface area contributed by atoms with Gasteiger partial charge in [-0.15, -0.1) is 0 Å². The number of anilines is 1. The highest BCUT2D eigenvalue weighted by molar-refractivity contribution is 7.92. The molecule has 1 aromatic carbocycles. The van der Waals surface area contributed by atoms with Crippen LogP contribution in [0.25, 0.3) is 5.69 Å². The van der Waals surface area contributed by atoms with Gasteiger partial charge in [-0.05, 0) is 30.7 Å². The zero-order chi connectivity index (χ0) is 18.9. The second-order valence-electron chi connectivity index (χ2n) is 5.72. The quantitative estimate of drug-likeness (QED) is 0.509. The Kier molecular flexibility index (Phi) is 4.79. The van der Waals surface area contributed by atoms with Gasteiger partial charge in [0.15, 0.2) is 14.8 Å². The summed E-state index contributed by atoms with van der Waals surface area (Å²) in [5, 5.41) is 18.7. The van der Waals surface area contributed by atoms with Crippen molar-refractivity contribution in [3.63, 3.8) is 0 Å². The molecule has 0 radical (unpaired) electrons. The zero-order valence-corrected chi connectivity index (χ0v) is 15.6. The van der Waals surface area contributed by atoms with E-state index in [0.29, 0.717) is 0 Å². The van der Waals surface area contributed by atoms with E-state index in [1.165, 1.54) is 0 Å². The van der Waals surface area contributed by atoms with E-state index in [0.717, 1.165) is 34.9 Å². The number of sulfone groups is 1. The lowest BCUT2D eigenvalue weighted by Crippen LogP contribution is -2.07. The Labute approximate surface area is 154 Å². The molecule has 2 aromatic heterocycles. The number of nitrogens with one attached hydrogen (secondary N) is 1. The lowest BCUT2D eigenvalue weighted by molar-refractivity contribution is -0.383. The molecule has 0 aliphatic rings. The van der Waals surface area contributed by atoms with Crippen LogP contribution in [0.2, 0.25) is 0 Å². The lowest BCUT2D eigenvalue weighted by atomic mass is 10.1. The first-order chi connectivity index (χ1) is 12.3. The molecule has 0 saturated heterocycles. The van der Waals surface area contributed by atoms with Crippen molar-refractivity contribution in [3.05, 3.63) is 64.5 Å². The summed E-state index contributed by atoms with van der Waals surface area (Å²) in [5.74, 6) is 0. The van der Waals surface area contributed by atoms with Crippen molar-refractivity contribution in [1.29, 1.82) is 0 Å². The van der Waals surface area contributed by atoms with Crippen LogP contribution in [0, 0.1) is 10.1 Å². The molecule has 1 atom stereocenters. The second-order valence-corrected chi connectivity index (χ2v) is 9.02. The number of aromatic nitrogens is 2. The van der Waals surface area contributed by atoms with E-state index in [4.69, 9.17) is 0 Å². The van der Waals surface area contributed by atoms with Gasteiger partial charge in [-0.2, -0.15) is 5.10 Å². The topological polar surface area (TPSA) is 107 Å². The summed E-state index contributed by atoms with van der Waals surface area (Å²) in [6.07, 6.45) is 4.53. The van der Waals surface area contributed by atoms with Gasteiger partial charge in [0.25, 0.3) is 0 Å². The highest BCUT2D eigenvalue weighted by Crippen LogP contribution is 2.39. The number of benzene rings is 1. The monoisotopic (exact) mass is 392 g/mol. The summed E-state index contributed by atoms with van der Waals surface area (Å²) in [6, 6.07) is 10.2. The maximum absolute atomic E-state index is 11.7. The largest absolute Gasteiger partial charge is 0.365 e. The molecule has 26 heavy (non-hydrogen) atoms. The molecular formula is C16H16N4O4S2. The van der Waals surface area contributed by atoms with Crippen LogP contribution < -0.4 is 5.32 Å². The molecule has 0 unspecified atom stereocenters. The standard InChI is InChI=1S/C16H16N4O4S2/c1-11(12-5-3-6-13(9-12)19-8-4-7-17-19)18-16-14(20(21)22)10-15(25-16)26(2,23)24/h3-11,18H,1-2H3/t11-/m1/s1. The molecule has 0 saturated carbocycles. The smallest absolute Gasteiger partial charge is 0.304 e. The van der Waals surface area contributed by atoms with Gasteiger partial charge in [0.1, 0.15) is 4.21 Å². The van der Waals surface area contributed by atoms with E-state index in [1.54, 1.807) is 10.9 Å². The molecule has 0 spiro atoms. The average molecular weight is 392 g/mol. The Bertz CT molecular complexity index is 1040. The Morgan fingerprint density at radius 1 is 1.31 bits per heavy atom. The molecule has 136 valence electrons. The van der Waals surface area contributed by atoms with Gasteiger partial charge in [-0.25, -0.2) is 13.1 Å². The van der Waals surface area contributed by atoms with Gasteiger partial charge in [0, 0.05) is 30.8 Å². The fraction of sp³-hybridized carbons (Fsp3) is 0.188. The number of thiophene rings is 1. The Morgan fingerprint density at radius 3 is 2.69 bits per heavy atom. The number of nitrogens with zero attached hydrogens (tertiary/aromatic N) is 3. The fourth-order valence-corrected chi connectivity index (χ4v) is 4.45. The Morgan fingerprint density at radius 2 is 2.08 bits per heavy atom. The molecule has 2 heterocycles. The third-order valence-corrected chi connectivity index (χ3v) is 6.60. The fourth-order valence-electron chi connectivity index (χ4n) is 2.42. The van der Waals surface area contributed by atoms with Crippen LogP contribution in [0.3, 0.4) is 0 Å². The lowest BCUT2D eigenvalue weighted by Gasteiger charge is -2.15. The second kappa shape index (κ2) is 6.89. The van der Waals surface area contributed by atoms with Gasteiger partial charge in [-0.1, -0.05) is 23.5 Å². The Balaban J connectivity index is 1.91. The van der Waals surface area contributed by atoms with Crippen LogP contribution in [-0.4, -0.2) is 29.4 Å². The normalized spacial score (nSPS) is 12.7. The van der Waals surface area contributed by atoms with E-state index in [1.807, 2.05) is 43.5 Å². The van der Waals surface area contributed by atoms with Crippen LogP contribution in [0.5, 0.6) is 0 Å². The summed E-state index contributed by atoms with van der Waals surface area (Å²) in [6.45, 7) is 1.85. The summed E-state index contributed by atoms with van der Waals surface area (Å²) in [4.78, 5) is 10.7. The van der Waals surface area contributed by atoms with Crippen LogP contribution in [-0.2, 0) is 9.84 Å². The summed E-state index contributed by atoms with van der Waals surface area (Å²) >= 11 is 0.861. The van der Waals surface area contributed by atoms with E-state index >= 15 is 0 Å². The average Bonchev–Trinajstić information content (AvgIpc) is 3.24. The predicted molar refractivity (Wildman–Crippen MR) is 99.7 cm³/mol. The highest BCUT2D eigenvalue weighted by atomic mass is 32.2. The number of rotatable bonds is 6. The molecule has 0 aliphatic heterocycles. The third-order valence-electron chi connectivity index (χ3n) is 3.74. The first kappa shape index (κ1) is 18.1. The van der Waals surface area contributed by atoms with Crippen molar-refractivity contribution in [2.75, 3.05) is 11.6 Å². The van der Waals surface area contributed by atoms with E-state index in [2.05, 4.69) is 10.4 Å². The summed E-state index contributed by atoms with van der Waals surface area (Å²) in [5.41, 5.74) is 1.51. The summed E-state index contributed by atoms with van der Waals surface area (Å²) < 4.78 is 25.1. The maximum atomic E-state index is 11.7. The van der Waals surface area contributed by atoms with E-state index < -0.39 is 14.8 Å². The molecule has 0 aliphatic carbocycles. The molecule has 8 nitrogen and oxygen atoms in total. The molecule has 3 rings (SSSR count). The molecule has 10 heteroatoms. The minimum Gasteiger partial charge on any atom is -0.365 e. The minimum absolute atomic E-state index is 0.0378. The van der Waals surface area contributed by atoms with E-state index in [-0.39, 0.29) is 20.9 Å². The van der Waals surface area contributed by atoms with Crippen molar-refractivity contribution < 1.29 is 13.3 Å². The molecular weight excluding hydrogens is 376 g/mol. The molecule has 1 N–H and O–H groups in total. The van der Waals surface area contributed by atoms with Gasteiger partial charge in [0.05, 0.1) is 10.6 Å². The molecule has 0 fully saturated rings. The molecule has 0 amide bonds. The first-order valence-corrected chi connectivity index (χ1v) is 10.3. The summed E-state index contributed by atoms with van der Waals surface area (Å²) in [7, 11) is -3.51. The first-order valence-electron chi connectivity index (χ1n) is 7.60. The van der Waals surface area contributed by atoms with Crippen molar-refractivity contribution in [2.45, 2.75) is 17.2 Å². The highest BCUT2D eigenvalue weighted by Gasteiger charge is 2.25. The van der Waals surface area contributed by atoms with Gasteiger partial charge in [0.2, 0.25) is 0 Å². The predicted octanol–water partition coefficient (Wildman–Crippen LogP) is 3.42. The van der Waals surface area contributed by atoms with E-state index in [9.17, 15) is 18.5 Å². The van der Waals surface area contributed by atoms with Crippen molar-refractivity contribution in [3.8, 4) is 5.69 Å².